The summed E-state index contributed by atoms with van der Waals surface area (Å²) in [6.07, 6.45) is -9.07. The largest absolute Gasteiger partial charge is 0.475 e. The standard InChI is InChI=1S/C18H17F8NO8S/c1-2-10-6-12(36(22,23,24,25)26)7-11-8-13(16(18(19,20)21)35-15(10)11)17(29)33-9-32-14(28)4-3-5-34-27(30)31/h6-8,16H,2-5,9H2,1H3/t16-/m0/s1. The van der Waals surface area contributed by atoms with Crippen molar-refractivity contribution in [2.75, 3.05) is 13.4 Å². The number of ether oxygens (including phenoxy) is 3. The van der Waals surface area contributed by atoms with E-state index in [9.17, 15) is 52.3 Å². The van der Waals surface area contributed by atoms with E-state index < -0.39 is 93.1 Å². The molecule has 204 valence electrons. The zero-order valence-electron chi connectivity index (χ0n) is 18.0. The van der Waals surface area contributed by atoms with Gasteiger partial charge in [0.1, 0.15) is 10.6 Å². The van der Waals surface area contributed by atoms with Crippen molar-refractivity contribution in [1.82, 2.24) is 0 Å². The molecule has 0 spiro atoms. The molecule has 1 heterocycles. The molecule has 0 aromatic heterocycles. The normalized spacial score (nSPS) is 17.5. The highest BCUT2D eigenvalue weighted by molar-refractivity contribution is 8.45. The maximum atomic E-state index is 13.5. The van der Waals surface area contributed by atoms with E-state index in [2.05, 4.69) is 14.3 Å². The van der Waals surface area contributed by atoms with E-state index in [0.717, 1.165) is 0 Å². The van der Waals surface area contributed by atoms with E-state index in [1.807, 2.05) is 0 Å². The molecule has 1 aromatic rings. The molecule has 0 N–H and O–H groups in total. The Balaban J connectivity index is 2.28. The molecular weight excluding hydrogens is 542 g/mol. The quantitative estimate of drug-likeness (QED) is 0.0903. The van der Waals surface area contributed by atoms with Gasteiger partial charge in [-0.15, -0.1) is 10.1 Å². The summed E-state index contributed by atoms with van der Waals surface area (Å²) in [6.45, 7) is -0.504. The number of rotatable bonds is 10. The molecule has 0 bridgehead atoms. The Morgan fingerprint density at radius 2 is 1.78 bits per heavy atom. The highest BCUT2D eigenvalue weighted by Crippen LogP contribution is 3.02. The predicted molar refractivity (Wildman–Crippen MR) is 105 cm³/mol. The maximum absolute atomic E-state index is 13.5. The molecule has 0 saturated heterocycles. The monoisotopic (exact) mass is 559 g/mol. The van der Waals surface area contributed by atoms with Crippen LogP contribution in [0.4, 0.5) is 32.6 Å². The summed E-state index contributed by atoms with van der Waals surface area (Å²) >= 11 is 0. The SMILES string of the molecule is CCc1cc(S(F)(F)(F)(F)F)cc2c1O[C@H](C(F)(F)F)C(C(=O)OCOC(=O)CCCO[N+](=O)[O-])=C2. The number of halogens is 8. The van der Waals surface area contributed by atoms with Crippen molar-refractivity contribution < 1.29 is 66.3 Å². The van der Waals surface area contributed by atoms with Crippen LogP contribution in [0.2, 0.25) is 0 Å². The lowest BCUT2D eigenvalue weighted by molar-refractivity contribution is -0.757. The van der Waals surface area contributed by atoms with E-state index in [-0.39, 0.29) is 24.6 Å². The van der Waals surface area contributed by atoms with Gasteiger partial charge in [-0.05, 0) is 36.6 Å². The maximum Gasteiger partial charge on any atom is 0.430 e. The third-order valence-corrected chi connectivity index (χ3v) is 5.62. The molecule has 0 saturated carbocycles. The van der Waals surface area contributed by atoms with Crippen molar-refractivity contribution in [3.8, 4) is 5.75 Å². The Morgan fingerprint density at radius 1 is 1.14 bits per heavy atom. The first-order chi connectivity index (χ1) is 16.2. The number of nitrogens with zero attached hydrogens (tertiary/aromatic N) is 1. The summed E-state index contributed by atoms with van der Waals surface area (Å²) in [5.74, 6) is -3.66. The van der Waals surface area contributed by atoms with Crippen LogP contribution >= 0.6 is 10.2 Å². The molecule has 2 rings (SSSR count). The van der Waals surface area contributed by atoms with E-state index in [1.165, 1.54) is 6.92 Å². The molecule has 0 unspecified atom stereocenters. The molecule has 1 aliphatic heterocycles. The molecule has 0 radical (unpaired) electrons. The molecule has 36 heavy (non-hydrogen) atoms. The van der Waals surface area contributed by atoms with Gasteiger partial charge in [0.05, 0.1) is 12.2 Å². The molecule has 18 heteroatoms. The van der Waals surface area contributed by atoms with Crippen LogP contribution in [-0.2, 0) is 30.3 Å². The molecule has 0 aliphatic carbocycles. The average molecular weight is 559 g/mol. The van der Waals surface area contributed by atoms with Crippen molar-refractivity contribution in [2.45, 2.75) is 43.4 Å². The van der Waals surface area contributed by atoms with Gasteiger partial charge in [-0.2, -0.15) is 13.2 Å². The molecule has 0 fully saturated rings. The molecule has 0 amide bonds. The summed E-state index contributed by atoms with van der Waals surface area (Å²) in [5, 5.41) is 8.85. The van der Waals surface area contributed by atoms with Gasteiger partial charge in [0, 0.05) is 12.0 Å². The zero-order valence-corrected chi connectivity index (χ0v) is 18.8. The van der Waals surface area contributed by atoms with Crippen LogP contribution in [0.25, 0.3) is 6.08 Å². The Kier molecular flexibility index (Phi) is 7.46. The van der Waals surface area contributed by atoms with Crippen molar-refractivity contribution >= 4 is 28.2 Å². The van der Waals surface area contributed by atoms with Crippen LogP contribution in [0.3, 0.4) is 0 Å². The van der Waals surface area contributed by atoms with Gasteiger partial charge in [0.25, 0.3) is 5.09 Å². The fourth-order valence-electron chi connectivity index (χ4n) is 2.91. The zero-order chi connectivity index (χ0) is 27.6. The van der Waals surface area contributed by atoms with Gasteiger partial charge in [-0.1, -0.05) is 26.4 Å². The fourth-order valence-corrected chi connectivity index (χ4v) is 3.63. The van der Waals surface area contributed by atoms with Crippen LogP contribution in [0, 0.1) is 10.1 Å². The summed E-state index contributed by atoms with van der Waals surface area (Å²) < 4.78 is 121. The first-order valence-electron chi connectivity index (χ1n) is 9.69. The van der Waals surface area contributed by atoms with Crippen LogP contribution < -0.4 is 4.74 Å². The van der Waals surface area contributed by atoms with Crippen molar-refractivity contribution in [3.63, 3.8) is 0 Å². The first-order valence-corrected chi connectivity index (χ1v) is 11.6. The number of aryl methyl sites for hydroxylation is 1. The van der Waals surface area contributed by atoms with Crippen LogP contribution in [-0.4, -0.2) is 42.7 Å². The van der Waals surface area contributed by atoms with E-state index >= 15 is 0 Å². The molecular formula is C18H17F8NO8S. The van der Waals surface area contributed by atoms with Gasteiger partial charge in [0.2, 0.25) is 12.9 Å². The Bertz CT molecular complexity index is 1090. The number of alkyl halides is 3. The van der Waals surface area contributed by atoms with E-state index in [4.69, 9.17) is 4.74 Å². The Hall–Kier alpha value is -3.31. The second-order valence-electron chi connectivity index (χ2n) is 7.19. The average Bonchev–Trinajstić information content (AvgIpc) is 2.72. The summed E-state index contributed by atoms with van der Waals surface area (Å²) in [5.41, 5.74) is -2.86. The number of benzene rings is 1. The van der Waals surface area contributed by atoms with E-state index in [0.29, 0.717) is 0 Å². The van der Waals surface area contributed by atoms with Crippen LogP contribution in [0.15, 0.2) is 22.6 Å². The topological polar surface area (TPSA) is 114 Å². The minimum Gasteiger partial charge on any atom is -0.475 e. The number of carbonyl (C=O) groups is 2. The molecule has 9 nitrogen and oxygen atoms in total. The highest BCUT2D eigenvalue weighted by Gasteiger charge is 2.66. The smallest absolute Gasteiger partial charge is 0.430 e. The summed E-state index contributed by atoms with van der Waals surface area (Å²) in [6, 6.07) is -0.149. The van der Waals surface area contributed by atoms with Crippen molar-refractivity contribution in [1.29, 1.82) is 0 Å². The number of hydrogen-bond donors (Lipinski definition) is 0. The fraction of sp³-hybridized carbons (Fsp3) is 0.444. The molecule has 1 atom stereocenters. The lowest BCUT2D eigenvalue weighted by Gasteiger charge is -2.41. The van der Waals surface area contributed by atoms with E-state index in [1.54, 1.807) is 0 Å². The van der Waals surface area contributed by atoms with Gasteiger partial charge < -0.3 is 19.0 Å². The lowest BCUT2D eigenvalue weighted by Crippen LogP contribution is -2.41. The van der Waals surface area contributed by atoms with Gasteiger partial charge in [0.15, 0.2) is 0 Å². The van der Waals surface area contributed by atoms with Crippen molar-refractivity contribution in [2.24, 2.45) is 0 Å². The number of fused-ring (bicyclic) bond motifs is 1. The lowest BCUT2D eigenvalue weighted by atomic mass is 9.98. The van der Waals surface area contributed by atoms with Gasteiger partial charge >= 0.3 is 28.3 Å². The minimum absolute atomic E-state index is 0.0128. The number of esters is 2. The molecule has 1 aromatic carbocycles. The summed E-state index contributed by atoms with van der Waals surface area (Å²) in [7, 11) is -10.2. The van der Waals surface area contributed by atoms with Crippen LogP contribution in [0.5, 0.6) is 5.75 Å². The predicted octanol–water partition coefficient (Wildman–Crippen LogP) is 5.65. The third-order valence-electron chi connectivity index (χ3n) is 4.49. The minimum atomic E-state index is -10.2. The van der Waals surface area contributed by atoms with Gasteiger partial charge in [-0.25, -0.2) is 4.79 Å². The second-order valence-corrected chi connectivity index (χ2v) is 9.60. The highest BCUT2D eigenvalue weighted by atomic mass is 32.5. The first kappa shape index (κ1) is 28.9. The van der Waals surface area contributed by atoms with Crippen LogP contribution in [0.1, 0.15) is 30.9 Å². The third kappa shape index (κ3) is 7.59. The number of hydrogen-bond acceptors (Lipinski definition) is 8. The Labute approximate surface area is 196 Å². The number of carbonyl (C=O) groups excluding carboxylic acids is 2. The van der Waals surface area contributed by atoms with Crippen molar-refractivity contribution in [3.05, 3.63) is 38.9 Å². The molecule has 1 aliphatic rings. The second kappa shape index (κ2) is 9.29. The summed E-state index contributed by atoms with van der Waals surface area (Å²) in [4.78, 5) is 35.2. The Morgan fingerprint density at radius 3 is 2.31 bits per heavy atom. The van der Waals surface area contributed by atoms with Gasteiger partial charge in [-0.3, -0.25) is 4.79 Å².